The standard InChI is InChI=1S/C15H16O3/c1-11-9-14(17-3)15(10-13(11)16-2)18-12-7-5-4-6-8-12/h4-10H,1-3H3. The molecular formula is C15H16O3. The summed E-state index contributed by atoms with van der Waals surface area (Å²) in [4.78, 5) is 0. The van der Waals surface area contributed by atoms with Crippen LogP contribution in [0.1, 0.15) is 5.56 Å². The lowest BCUT2D eigenvalue weighted by atomic mass is 10.2. The van der Waals surface area contributed by atoms with Gasteiger partial charge in [-0.25, -0.2) is 0 Å². The first-order valence-corrected chi connectivity index (χ1v) is 5.70. The summed E-state index contributed by atoms with van der Waals surface area (Å²) in [6, 6.07) is 13.3. The SMILES string of the molecule is COc1cc(Oc2ccccc2)c(OC)cc1C. The number of rotatable bonds is 4. The van der Waals surface area contributed by atoms with Gasteiger partial charge in [-0.2, -0.15) is 0 Å². The van der Waals surface area contributed by atoms with Crippen molar-refractivity contribution in [3.63, 3.8) is 0 Å². The van der Waals surface area contributed by atoms with Gasteiger partial charge in [-0.05, 0) is 30.7 Å². The Morgan fingerprint density at radius 2 is 1.44 bits per heavy atom. The van der Waals surface area contributed by atoms with Crippen molar-refractivity contribution in [2.45, 2.75) is 6.92 Å². The van der Waals surface area contributed by atoms with Crippen molar-refractivity contribution in [1.29, 1.82) is 0 Å². The minimum atomic E-state index is 0.645. The maximum absolute atomic E-state index is 5.79. The summed E-state index contributed by atoms with van der Waals surface area (Å²) in [6.07, 6.45) is 0. The number of ether oxygens (including phenoxy) is 3. The largest absolute Gasteiger partial charge is 0.496 e. The normalized spacial score (nSPS) is 9.94. The molecule has 2 rings (SSSR count). The van der Waals surface area contributed by atoms with Gasteiger partial charge in [0, 0.05) is 6.07 Å². The minimum Gasteiger partial charge on any atom is -0.496 e. The van der Waals surface area contributed by atoms with E-state index in [-0.39, 0.29) is 0 Å². The fraction of sp³-hybridized carbons (Fsp3) is 0.200. The Bertz CT molecular complexity index is 521. The fourth-order valence-electron chi connectivity index (χ4n) is 1.72. The van der Waals surface area contributed by atoms with Gasteiger partial charge in [0.25, 0.3) is 0 Å². The number of methoxy groups -OCH3 is 2. The highest BCUT2D eigenvalue weighted by atomic mass is 16.5. The molecule has 2 aromatic rings. The van der Waals surface area contributed by atoms with E-state index < -0.39 is 0 Å². The third-order valence-electron chi connectivity index (χ3n) is 2.65. The van der Waals surface area contributed by atoms with Crippen LogP contribution >= 0.6 is 0 Å². The summed E-state index contributed by atoms with van der Waals surface area (Å²) in [5, 5.41) is 0. The van der Waals surface area contributed by atoms with Gasteiger partial charge < -0.3 is 14.2 Å². The van der Waals surface area contributed by atoms with Gasteiger partial charge in [-0.15, -0.1) is 0 Å². The summed E-state index contributed by atoms with van der Waals surface area (Å²) >= 11 is 0. The summed E-state index contributed by atoms with van der Waals surface area (Å²) in [6.45, 7) is 1.97. The first kappa shape index (κ1) is 12.3. The van der Waals surface area contributed by atoms with Crippen LogP contribution in [-0.4, -0.2) is 14.2 Å². The molecule has 0 unspecified atom stereocenters. The van der Waals surface area contributed by atoms with Crippen LogP contribution in [0.2, 0.25) is 0 Å². The topological polar surface area (TPSA) is 27.7 Å². The van der Waals surface area contributed by atoms with E-state index in [0.29, 0.717) is 11.5 Å². The lowest BCUT2D eigenvalue weighted by molar-refractivity contribution is 0.369. The van der Waals surface area contributed by atoms with Crippen LogP contribution < -0.4 is 14.2 Å². The van der Waals surface area contributed by atoms with Crippen molar-refractivity contribution in [2.75, 3.05) is 14.2 Å². The lowest BCUT2D eigenvalue weighted by Crippen LogP contribution is -1.94. The van der Waals surface area contributed by atoms with E-state index >= 15 is 0 Å². The number of hydrogen-bond donors (Lipinski definition) is 0. The molecule has 0 amide bonds. The van der Waals surface area contributed by atoms with Gasteiger partial charge in [0.1, 0.15) is 11.5 Å². The van der Waals surface area contributed by atoms with Crippen molar-refractivity contribution >= 4 is 0 Å². The van der Waals surface area contributed by atoms with E-state index in [9.17, 15) is 0 Å². The molecule has 18 heavy (non-hydrogen) atoms. The molecule has 0 saturated carbocycles. The van der Waals surface area contributed by atoms with Gasteiger partial charge in [0.05, 0.1) is 14.2 Å². The van der Waals surface area contributed by atoms with Crippen LogP contribution in [0.3, 0.4) is 0 Å². The van der Waals surface area contributed by atoms with Crippen LogP contribution in [0.15, 0.2) is 42.5 Å². The first-order valence-electron chi connectivity index (χ1n) is 5.70. The Kier molecular flexibility index (Phi) is 3.72. The van der Waals surface area contributed by atoms with Crippen LogP contribution in [-0.2, 0) is 0 Å². The predicted octanol–water partition coefficient (Wildman–Crippen LogP) is 3.80. The molecule has 0 saturated heterocycles. The third-order valence-corrected chi connectivity index (χ3v) is 2.65. The third kappa shape index (κ3) is 2.56. The number of aryl methyl sites for hydroxylation is 1. The summed E-state index contributed by atoms with van der Waals surface area (Å²) in [5.41, 5.74) is 1.01. The molecule has 0 aliphatic carbocycles. The zero-order valence-electron chi connectivity index (χ0n) is 10.8. The number of para-hydroxylation sites is 1. The van der Waals surface area contributed by atoms with Crippen LogP contribution in [0.25, 0.3) is 0 Å². The quantitative estimate of drug-likeness (QED) is 0.818. The zero-order chi connectivity index (χ0) is 13.0. The molecule has 0 fully saturated rings. The average molecular weight is 244 g/mol. The molecule has 0 spiro atoms. The minimum absolute atomic E-state index is 0.645. The predicted molar refractivity (Wildman–Crippen MR) is 70.8 cm³/mol. The van der Waals surface area contributed by atoms with E-state index in [0.717, 1.165) is 17.1 Å². The molecule has 94 valence electrons. The van der Waals surface area contributed by atoms with Crippen LogP contribution in [0.4, 0.5) is 0 Å². The van der Waals surface area contributed by atoms with E-state index in [1.165, 1.54) is 0 Å². The van der Waals surface area contributed by atoms with Crippen LogP contribution in [0, 0.1) is 6.92 Å². The van der Waals surface area contributed by atoms with Crippen molar-refractivity contribution in [2.24, 2.45) is 0 Å². The summed E-state index contributed by atoms with van der Waals surface area (Å²) < 4.78 is 16.4. The monoisotopic (exact) mass is 244 g/mol. The Balaban J connectivity index is 2.37. The highest BCUT2D eigenvalue weighted by Gasteiger charge is 2.10. The molecule has 0 atom stereocenters. The van der Waals surface area contributed by atoms with Gasteiger partial charge in [0.15, 0.2) is 11.5 Å². The summed E-state index contributed by atoms with van der Waals surface area (Å²) in [5.74, 6) is 2.88. The number of benzene rings is 2. The highest BCUT2D eigenvalue weighted by Crippen LogP contribution is 2.36. The molecule has 0 N–H and O–H groups in total. The Morgan fingerprint density at radius 1 is 0.778 bits per heavy atom. The molecule has 0 aliphatic rings. The Morgan fingerprint density at radius 3 is 2.06 bits per heavy atom. The fourth-order valence-corrected chi connectivity index (χ4v) is 1.72. The second-order valence-electron chi connectivity index (χ2n) is 3.89. The van der Waals surface area contributed by atoms with Crippen LogP contribution in [0.5, 0.6) is 23.0 Å². The maximum atomic E-state index is 5.79. The van der Waals surface area contributed by atoms with Gasteiger partial charge in [-0.3, -0.25) is 0 Å². The van der Waals surface area contributed by atoms with Crippen molar-refractivity contribution < 1.29 is 14.2 Å². The molecule has 0 aliphatic heterocycles. The van der Waals surface area contributed by atoms with Crippen molar-refractivity contribution in [3.8, 4) is 23.0 Å². The highest BCUT2D eigenvalue weighted by molar-refractivity contribution is 5.51. The van der Waals surface area contributed by atoms with Gasteiger partial charge >= 0.3 is 0 Å². The van der Waals surface area contributed by atoms with E-state index in [1.54, 1.807) is 14.2 Å². The molecule has 0 heterocycles. The molecule has 3 nitrogen and oxygen atoms in total. The van der Waals surface area contributed by atoms with E-state index in [1.807, 2.05) is 49.4 Å². The second kappa shape index (κ2) is 5.45. The van der Waals surface area contributed by atoms with Crippen molar-refractivity contribution in [1.82, 2.24) is 0 Å². The molecular weight excluding hydrogens is 228 g/mol. The van der Waals surface area contributed by atoms with E-state index in [2.05, 4.69) is 0 Å². The Hall–Kier alpha value is -2.16. The second-order valence-corrected chi connectivity index (χ2v) is 3.89. The lowest BCUT2D eigenvalue weighted by Gasteiger charge is -2.13. The molecule has 0 aromatic heterocycles. The molecule has 0 bridgehead atoms. The van der Waals surface area contributed by atoms with Crippen molar-refractivity contribution in [3.05, 3.63) is 48.0 Å². The number of hydrogen-bond acceptors (Lipinski definition) is 3. The summed E-state index contributed by atoms with van der Waals surface area (Å²) in [7, 11) is 3.26. The van der Waals surface area contributed by atoms with E-state index in [4.69, 9.17) is 14.2 Å². The Labute approximate surface area is 107 Å². The molecule has 0 radical (unpaired) electrons. The first-order chi connectivity index (χ1) is 8.74. The van der Waals surface area contributed by atoms with Gasteiger partial charge in [-0.1, -0.05) is 18.2 Å². The zero-order valence-corrected chi connectivity index (χ0v) is 10.8. The average Bonchev–Trinajstić information content (AvgIpc) is 2.41. The smallest absolute Gasteiger partial charge is 0.172 e. The van der Waals surface area contributed by atoms with Gasteiger partial charge in [0.2, 0.25) is 0 Å². The molecule has 3 heteroatoms. The molecule has 2 aromatic carbocycles. The maximum Gasteiger partial charge on any atom is 0.172 e.